The van der Waals surface area contributed by atoms with Crippen LogP contribution in [0.2, 0.25) is 0 Å². The number of hydrogen-bond acceptors (Lipinski definition) is 6. The molecule has 0 fully saturated rings. The number of carbonyl (C=O) groups is 2. The lowest BCUT2D eigenvalue weighted by Crippen LogP contribution is -2.50. The number of hydrogen-bond donors (Lipinski definition) is 1. The molecule has 0 unspecified atom stereocenters. The maximum Gasteiger partial charge on any atom is 0.346 e. The molecular weight excluding hydrogens is 336 g/mol. The molecule has 0 aliphatic heterocycles. The monoisotopic (exact) mass is 356 g/mol. The molecule has 0 saturated carbocycles. The van der Waals surface area contributed by atoms with E-state index in [0.29, 0.717) is 23.5 Å². The van der Waals surface area contributed by atoms with Crippen molar-refractivity contribution in [1.29, 1.82) is 0 Å². The van der Waals surface area contributed by atoms with E-state index in [-0.39, 0.29) is 18.6 Å². The summed E-state index contributed by atoms with van der Waals surface area (Å²) in [4.78, 5) is 24.9. The molecule has 2 aromatic carbocycles. The van der Waals surface area contributed by atoms with Crippen LogP contribution >= 0.6 is 0 Å². The predicted molar refractivity (Wildman–Crippen MR) is 93.4 cm³/mol. The average Bonchev–Trinajstić information content (AvgIpc) is 2.68. The van der Waals surface area contributed by atoms with E-state index in [1.54, 1.807) is 12.1 Å². The molecular formula is C20H20O6. The molecule has 2 aromatic rings. The van der Waals surface area contributed by atoms with Crippen molar-refractivity contribution in [3.63, 3.8) is 0 Å². The molecule has 0 heterocycles. The number of ether oxygens (including phenoxy) is 3. The van der Waals surface area contributed by atoms with Gasteiger partial charge >= 0.3 is 5.97 Å². The quantitative estimate of drug-likeness (QED) is 0.654. The fourth-order valence-electron chi connectivity index (χ4n) is 3.14. The van der Waals surface area contributed by atoms with Gasteiger partial charge in [-0.15, -0.1) is 0 Å². The summed E-state index contributed by atoms with van der Waals surface area (Å²) in [5.41, 5.74) is -0.487. The van der Waals surface area contributed by atoms with Gasteiger partial charge in [0.15, 0.2) is 0 Å². The minimum atomic E-state index is -2.21. The summed E-state index contributed by atoms with van der Waals surface area (Å²) >= 11 is 0. The predicted octanol–water partition coefficient (Wildman–Crippen LogP) is 2.31. The van der Waals surface area contributed by atoms with E-state index in [0.717, 1.165) is 12.7 Å². The lowest BCUT2D eigenvalue weighted by Gasteiger charge is -2.31. The van der Waals surface area contributed by atoms with Crippen LogP contribution in [0.3, 0.4) is 0 Å². The van der Waals surface area contributed by atoms with Crippen molar-refractivity contribution < 1.29 is 28.9 Å². The summed E-state index contributed by atoms with van der Waals surface area (Å²) in [5.74, 6) is -0.874. The first-order chi connectivity index (χ1) is 12.5. The molecule has 26 heavy (non-hydrogen) atoms. The van der Waals surface area contributed by atoms with E-state index in [1.165, 1.54) is 7.11 Å². The number of fused-ring (bicyclic) bond motifs is 1. The van der Waals surface area contributed by atoms with Crippen molar-refractivity contribution in [3.05, 3.63) is 59.2 Å². The summed E-state index contributed by atoms with van der Waals surface area (Å²) in [6.07, 6.45) is 0.225. The van der Waals surface area contributed by atoms with Crippen LogP contribution in [0, 0.1) is 0 Å². The number of rotatable bonds is 5. The second-order valence-corrected chi connectivity index (χ2v) is 6.07. The maximum atomic E-state index is 13.0. The van der Waals surface area contributed by atoms with Crippen molar-refractivity contribution in [2.45, 2.75) is 25.0 Å². The Morgan fingerprint density at radius 2 is 1.81 bits per heavy atom. The maximum absolute atomic E-state index is 13.0. The summed E-state index contributed by atoms with van der Waals surface area (Å²) in [6.45, 7) is 0.254. The zero-order chi connectivity index (χ0) is 18.7. The standard InChI is InChI=1S/C20H20O6/c1-24-15-8-9-16(26-12-13-6-4-3-5-7-13)17-14(15)10-11-20(23,18(17)21)19(22)25-2/h3-9,23H,10-12H2,1-2H3/t20-/m1/s1. The van der Waals surface area contributed by atoms with Crippen LogP contribution in [-0.4, -0.2) is 36.7 Å². The van der Waals surface area contributed by atoms with Gasteiger partial charge in [0.05, 0.1) is 19.8 Å². The normalized spacial score (nSPS) is 18.8. The van der Waals surface area contributed by atoms with Gasteiger partial charge in [0, 0.05) is 5.56 Å². The number of ketones is 1. The van der Waals surface area contributed by atoms with Crippen molar-refractivity contribution in [3.8, 4) is 11.5 Å². The summed E-state index contributed by atoms with van der Waals surface area (Å²) in [6, 6.07) is 12.8. The lowest BCUT2D eigenvalue weighted by atomic mass is 9.78. The van der Waals surface area contributed by atoms with E-state index in [4.69, 9.17) is 9.47 Å². The van der Waals surface area contributed by atoms with E-state index in [9.17, 15) is 14.7 Å². The van der Waals surface area contributed by atoms with E-state index < -0.39 is 17.4 Å². The van der Waals surface area contributed by atoms with Crippen molar-refractivity contribution in [2.24, 2.45) is 0 Å². The Labute approximate surface area is 151 Å². The minimum Gasteiger partial charge on any atom is -0.496 e. The molecule has 136 valence electrons. The number of Topliss-reactive ketones (excluding diaryl/α,β-unsaturated/α-hetero) is 1. The molecule has 1 atom stereocenters. The number of esters is 1. The van der Waals surface area contributed by atoms with Gasteiger partial charge in [-0.1, -0.05) is 30.3 Å². The average molecular weight is 356 g/mol. The molecule has 6 nitrogen and oxygen atoms in total. The highest BCUT2D eigenvalue weighted by atomic mass is 16.5. The van der Waals surface area contributed by atoms with Gasteiger partial charge in [0.2, 0.25) is 11.4 Å². The van der Waals surface area contributed by atoms with Crippen LogP contribution in [0.1, 0.15) is 27.9 Å². The molecule has 3 rings (SSSR count). The van der Waals surface area contributed by atoms with Crippen LogP contribution in [-0.2, 0) is 22.6 Å². The van der Waals surface area contributed by atoms with Crippen LogP contribution < -0.4 is 9.47 Å². The third kappa shape index (κ3) is 3.04. The highest BCUT2D eigenvalue weighted by Gasteiger charge is 2.50. The zero-order valence-electron chi connectivity index (χ0n) is 14.7. The Balaban J connectivity index is 2.00. The highest BCUT2D eigenvalue weighted by Crippen LogP contribution is 2.40. The summed E-state index contributed by atoms with van der Waals surface area (Å²) < 4.78 is 15.8. The van der Waals surface area contributed by atoms with Gasteiger partial charge in [-0.2, -0.15) is 0 Å². The smallest absolute Gasteiger partial charge is 0.346 e. The first-order valence-corrected chi connectivity index (χ1v) is 8.23. The van der Waals surface area contributed by atoms with Gasteiger partial charge in [0.1, 0.15) is 18.1 Å². The number of aliphatic hydroxyl groups is 1. The van der Waals surface area contributed by atoms with Gasteiger partial charge in [-0.05, 0) is 30.5 Å². The van der Waals surface area contributed by atoms with Gasteiger partial charge in [-0.3, -0.25) is 4.79 Å². The summed E-state index contributed by atoms with van der Waals surface area (Å²) in [7, 11) is 2.65. The molecule has 0 radical (unpaired) electrons. The van der Waals surface area contributed by atoms with E-state index in [1.807, 2.05) is 30.3 Å². The second-order valence-electron chi connectivity index (χ2n) is 6.07. The zero-order valence-corrected chi connectivity index (χ0v) is 14.7. The summed E-state index contributed by atoms with van der Waals surface area (Å²) in [5, 5.41) is 10.6. The van der Waals surface area contributed by atoms with E-state index in [2.05, 4.69) is 4.74 Å². The van der Waals surface area contributed by atoms with Gasteiger partial charge in [0.25, 0.3) is 0 Å². The molecule has 1 aliphatic carbocycles. The molecule has 0 spiro atoms. The SMILES string of the molecule is COC(=O)[C@@]1(O)CCc2c(OC)ccc(OCc3ccccc3)c2C1=O. The Morgan fingerprint density at radius 1 is 1.12 bits per heavy atom. The fourth-order valence-corrected chi connectivity index (χ4v) is 3.14. The molecule has 0 aromatic heterocycles. The third-order valence-electron chi connectivity index (χ3n) is 4.55. The molecule has 1 aliphatic rings. The number of methoxy groups -OCH3 is 2. The first-order valence-electron chi connectivity index (χ1n) is 8.23. The molecule has 1 N–H and O–H groups in total. The lowest BCUT2D eigenvalue weighted by molar-refractivity contribution is -0.157. The van der Waals surface area contributed by atoms with Crippen molar-refractivity contribution in [1.82, 2.24) is 0 Å². The van der Waals surface area contributed by atoms with Crippen LogP contribution in [0.4, 0.5) is 0 Å². The number of benzene rings is 2. The Bertz CT molecular complexity index is 830. The Morgan fingerprint density at radius 3 is 2.46 bits per heavy atom. The van der Waals surface area contributed by atoms with Gasteiger partial charge in [-0.25, -0.2) is 4.79 Å². The second kappa shape index (κ2) is 7.17. The highest BCUT2D eigenvalue weighted by molar-refractivity contribution is 6.18. The first kappa shape index (κ1) is 17.9. The minimum absolute atomic E-state index is 0.0655. The van der Waals surface area contributed by atoms with Crippen LogP contribution in [0.15, 0.2) is 42.5 Å². The topological polar surface area (TPSA) is 82.1 Å². The van der Waals surface area contributed by atoms with Crippen molar-refractivity contribution >= 4 is 11.8 Å². The van der Waals surface area contributed by atoms with Crippen LogP contribution in [0.5, 0.6) is 11.5 Å². The van der Waals surface area contributed by atoms with Crippen LogP contribution in [0.25, 0.3) is 0 Å². The Hall–Kier alpha value is -2.86. The molecule has 0 bridgehead atoms. The molecule has 0 amide bonds. The number of carbonyl (C=O) groups excluding carboxylic acids is 2. The van der Waals surface area contributed by atoms with Gasteiger partial charge < -0.3 is 19.3 Å². The molecule has 6 heteroatoms. The molecule has 0 saturated heterocycles. The largest absolute Gasteiger partial charge is 0.496 e. The fraction of sp³-hybridized carbons (Fsp3) is 0.300. The van der Waals surface area contributed by atoms with E-state index >= 15 is 0 Å². The Kier molecular flexibility index (Phi) is 4.95. The third-order valence-corrected chi connectivity index (χ3v) is 4.55. The van der Waals surface area contributed by atoms with Crippen molar-refractivity contribution in [2.75, 3.05) is 14.2 Å².